The van der Waals surface area contributed by atoms with E-state index in [1.807, 2.05) is 19.2 Å². The number of carbonyl (C=O) groups is 1. The smallest absolute Gasteiger partial charge is 0.387 e. The number of nitrogens with one attached hydrogen (secondary N) is 2. The highest BCUT2D eigenvalue weighted by Gasteiger charge is 2.30. The molecular formula is C19H20F3N3O2. The van der Waals surface area contributed by atoms with Crippen LogP contribution in [-0.4, -0.2) is 31.3 Å². The highest BCUT2D eigenvalue weighted by molar-refractivity contribution is 5.89. The van der Waals surface area contributed by atoms with Gasteiger partial charge in [-0.05, 0) is 41.8 Å². The number of rotatable bonds is 4. The number of aliphatic hydroxyl groups excluding tert-OH is 1. The van der Waals surface area contributed by atoms with E-state index in [0.29, 0.717) is 5.56 Å². The van der Waals surface area contributed by atoms with Crippen LogP contribution in [0, 0.1) is 0 Å². The minimum absolute atomic E-state index is 0.0254. The number of urea groups is 1. The highest BCUT2D eigenvalue weighted by Crippen LogP contribution is 2.31. The third-order valence-corrected chi connectivity index (χ3v) is 4.52. The van der Waals surface area contributed by atoms with Crippen LogP contribution in [0.2, 0.25) is 0 Å². The van der Waals surface area contributed by atoms with Crippen LogP contribution in [0.25, 0.3) is 0 Å². The van der Waals surface area contributed by atoms with Gasteiger partial charge in [0.05, 0.1) is 11.7 Å². The van der Waals surface area contributed by atoms with Crippen LogP contribution < -0.4 is 15.5 Å². The molecule has 0 aliphatic carbocycles. The molecule has 2 aromatic rings. The zero-order valence-corrected chi connectivity index (χ0v) is 14.7. The fourth-order valence-electron chi connectivity index (χ4n) is 3.05. The number of fused-ring (bicyclic) bond motifs is 1. The lowest BCUT2D eigenvalue weighted by Crippen LogP contribution is -2.32. The summed E-state index contributed by atoms with van der Waals surface area (Å²) in [6, 6.07) is 9.33. The first-order chi connectivity index (χ1) is 12.7. The van der Waals surface area contributed by atoms with Crippen LogP contribution in [0.5, 0.6) is 0 Å². The van der Waals surface area contributed by atoms with E-state index in [-0.39, 0.29) is 12.2 Å². The SMILES string of the molecule is CN1CCc2cc(C(O)CNC(=O)Nc3cccc(C(F)(F)F)c3)ccc21. The normalized spacial score (nSPS) is 14.6. The molecule has 1 atom stereocenters. The zero-order valence-electron chi connectivity index (χ0n) is 14.7. The number of amides is 2. The largest absolute Gasteiger partial charge is 0.416 e. The lowest BCUT2D eigenvalue weighted by atomic mass is 10.0. The van der Waals surface area contributed by atoms with Gasteiger partial charge in [-0.15, -0.1) is 0 Å². The molecule has 3 N–H and O–H groups in total. The van der Waals surface area contributed by atoms with E-state index < -0.39 is 23.9 Å². The molecule has 5 nitrogen and oxygen atoms in total. The molecule has 0 aromatic heterocycles. The molecule has 0 fully saturated rings. The average Bonchev–Trinajstić information content (AvgIpc) is 2.99. The van der Waals surface area contributed by atoms with Gasteiger partial charge in [0.2, 0.25) is 0 Å². The molecule has 2 amide bonds. The first kappa shape index (κ1) is 19.0. The summed E-state index contributed by atoms with van der Waals surface area (Å²) in [6.45, 7) is 0.867. The second-order valence-electron chi connectivity index (χ2n) is 6.49. The molecule has 144 valence electrons. The van der Waals surface area contributed by atoms with Crippen molar-refractivity contribution in [2.75, 3.05) is 30.4 Å². The average molecular weight is 379 g/mol. The molecule has 0 radical (unpaired) electrons. The first-order valence-corrected chi connectivity index (χ1v) is 8.48. The molecule has 2 aromatic carbocycles. The van der Waals surface area contributed by atoms with Gasteiger partial charge in [0.1, 0.15) is 0 Å². The van der Waals surface area contributed by atoms with Crippen LogP contribution in [0.15, 0.2) is 42.5 Å². The number of anilines is 2. The maximum absolute atomic E-state index is 12.7. The molecule has 0 saturated carbocycles. The molecule has 0 spiro atoms. The Morgan fingerprint density at radius 1 is 1.26 bits per heavy atom. The Hall–Kier alpha value is -2.74. The topological polar surface area (TPSA) is 64.6 Å². The van der Waals surface area contributed by atoms with Crippen LogP contribution in [0.3, 0.4) is 0 Å². The van der Waals surface area contributed by atoms with Crippen LogP contribution in [-0.2, 0) is 12.6 Å². The van der Waals surface area contributed by atoms with Gasteiger partial charge < -0.3 is 20.6 Å². The Morgan fingerprint density at radius 3 is 2.78 bits per heavy atom. The van der Waals surface area contributed by atoms with E-state index in [0.717, 1.165) is 36.3 Å². The fraction of sp³-hybridized carbons (Fsp3) is 0.316. The van der Waals surface area contributed by atoms with Crippen molar-refractivity contribution in [2.24, 2.45) is 0 Å². The maximum Gasteiger partial charge on any atom is 0.416 e. The summed E-state index contributed by atoms with van der Waals surface area (Å²) in [4.78, 5) is 14.0. The van der Waals surface area contributed by atoms with Crippen molar-refractivity contribution >= 4 is 17.4 Å². The Bertz CT molecular complexity index is 839. The van der Waals surface area contributed by atoms with Crippen molar-refractivity contribution in [1.82, 2.24) is 5.32 Å². The fourth-order valence-corrected chi connectivity index (χ4v) is 3.05. The number of carbonyl (C=O) groups excluding carboxylic acids is 1. The van der Waals surface area contributed by atoms with Gasteiger partial charge in [-0.25, -0.2) is 4.79 Å². The van der Waals surface area contributed by atoms with E-state index in [1.54, 1.807) is 6.07 Å². The van der Waals surface area contributed by atoms with Gasteiger partial charge in [-0.1, -0.05) is 18.2 Å². The minimum Gasteiger partial charge on any atom is -0.387 e. The molecule has 3 rings (SSSR count). The van der Waals surface area contributed by atoms with Crippen LogP contribution in [0.1, 0.15) is 22.8 Å². The Labute approximate surface area is 154 Å². The molecule has 1 unspecified atom stereocenters. The summed E-state index contributed by atoms with van der Waals surface area (Å²) in [5.74, 6) is 0. The van der Waals surface area contributed by atoms with Gasteiger partial charge >= 0.3 is 12.2 Å². The summed E-state index contributed by atoms with van der Waals surface area (Å²) in [6.07, 6.45) is -4.49. The van der Waals surface area contributed by atoms with Crippen molar-refractivity contribution in [3.63, 3.8) is 0 Å². The second-order valence-corrected chi connectivity index (χ2v) is 6.49. The van der Waals surface area contributed by atoms with E-state index >= 15 is 0 Å². The third-order valence-electron chi connectivity index (χ3n) is 4.52. The number of benzene rings is 2. The zero-order chi connectivity index (χ0) is 19.6. The third kappa shape index (κ3) is 4.51. The van der Waals surface area contributed by atoms with Gasteiger partial charge in [0, 0.05) is 31.5 Å². The highest BCUT2D eigenvalue weighted by atomic mass is 19.4. The van der Waals surface area contributed by atoms with Crippen molar-refractivity contribution in [3.8, 4) is 0 Å². The van der Waals surface area contributed by atoms with Gasteiger partial charge in [0.25, 0.3) is 0 Å². The quantitative estimate of drug-likeness (QED) is 0.761. The monoisotopic (exact) mass is 379 g/mol. The molecule has 0 bridgehead atoms. The summed E-state index contributed by atoms with van der Waals surface area (Å²) in [5.41, 5.74) is 2.13. The lowest BCUT2D eigenvalue weighted by molar-refractivity contribution is -0.137. The van der Waals surface area contributed by atoms with E-state index in [4.69, 9.17) is 0 Å². The van der Waals surface area contributed by atoms with Crippen LogP contribution in [0.4, 0.5) is 29.3 Å². The van der Waals surface area contributed by atoms with Crippen molar-refractivity contribution in [3.05, 3.63) is 59.2 Å². The number of alkyl halides is 3. The van der Waals surface area contributed by atoms with Gasteiger partial charge in [-0.2, -0.15) is 13.2 Å². The van der Waals surface area contributed by atoms with Crippen molar-refractivity contribution in [1.29, 1.82) is 0 Å². The predicted molar refractivity (Wildman–Crippen MR) is 96.8 cm³/mol. The number of aliphatic hydroxyl groups is 1. The lowest BCUT2D eigenvalue weighted by Gasteiger charge is -2.16. The molecule has 1 aliphatic rings. The molecule has 1 aliphatic heterocycles. The number of hydrogen-bond acceptors (Lipinski definition) is 3. The Kier molecular flexibility index (Phi) is 5.27. The second kappa shape index (κ2) is 7.48. The summed E-state index contributed by atoms with van der Waals surface area (Å²) >= 11 is 0. The van der Waals surface area contributed by atoms with Crippen molar-refractivity contribution < 1.29 is 23.1 Å². The number of nitrogens with zero attached hydrogens (tertiary/aromatic N) is 1. The standard InChI is InChI=1S/C19H20F3N3O2/c1-25-8-7-12-9-13(5-6-16(12)25)17(26)11-23-18(27)24-15-4-2-3-14(10-15)19(20,21)22/h2-6,9-10,17,26H,7-8,11H2,1H3,(H2,23,24,27). The van der Waals surface area contributed by atoms with E-state index in [1.165, 1.54) is 12.1 Å². The predicted octanol–water partition coefficient (Wildman–Crippen LogP) is 3.55. The van der Waals surface area contributed by atoms with E-state index in [9.17, 15) is 23.1 Å². The van der Waals surface area contributed by atoms with Crippen molar-refractivity contribution in [2.45, 2.75) is 18.7 Å². The molecular weight excluding hydrogens is 359 g/mol. The summed E-state index contributed by atoms with van der Waals surface area (Å²) in [5, 5.41) is 15.1. The number of halogens is 3. The van der Waals surface area contributed by atoms with Gasteiger partial charge in [-0.3, -0.25) is 0 Å². The molecule has 1 heterocycles. The maximum atomic E-state index is 12.7. The number of likely N-dealkylation sites (N-methyl/N-ethyl adjacent to an activating group) is 1. The number of hydrogen-bond donors (Lipinski definition) is 3. The summed E-state index contributed by atoms with van der Waals surface area (Å²) in [7, 11) is 2.00. The first-order valence-electron chi connectivity index (χ1n) is 8.48. The van der Waals surface area contributed by atoms with Gasteiger partial charge in [0.15, 0.2) is 0 Å². The van der Waals surface area contributed by atoms with E-state index in [2.05, 4.69) is 15.5 Å². The molecule has 27 heavy (non-hydrogen) atoms. The Balaban J connectivity index is 1.56. The minimum atomic E-state index is -4.48. The van der Waals surface area contributed by atoms with Crippen LogP contribution >= 0.6 is 0 Å². The summed E-state index contributed by atoms with van der Waals surface area (Å²) < 4.78 is 38.1. The molecule has 8 heteroatoms. The Morgan fingerprint density at radius 2 is 2.04 bits per heavy atom. The molecule has 0 saturated heterocycles.